The standard InChI is InChI=1S/C20H17N3O4/c1-12-6-7-14(20(25)26-3)10-16(12)22-18(24)17-13(2)27-19(15(17)11-21)23-8-4-5-9-23/h4-10H,1-3H3,(H,22,24). The molecule has 3 rings (SSSR count). The average Bonchev–Trinajstić information content (AvgIpc) is 3.29. The molecule has 0 bridgehead atoms. The third-order valence-electron chi connectivity index (χ3n) is 4.15. The molecule has 1 amide bonds. The number of nitrogens with zero attached hydrogens (tertiary/aromatic N) is 2. The van der Waals surface area contributed by atoms with Gasteiger partial charge in [-0.15, -0.1) is 0 Å². The number of carbonyl (C=O) groups is 2. The largest absolute Gasteiger partial charge is 0.465 e. The second-order valence-electron chi connectivity index (χ2n) is 5.89. The fraction of sp³-hybridized carbons (Fsp3) is 0.150. The summed E-state index contributed by atoms with van der Waals surface area (Å²) in [4.78, 5) is 24.6. The zero-order valence-electron chi connectivity index (χ0n) is 15.1. The zero-order valence-corrected chi connectivity index (χ0v) is 15.1. The number of aromatic nitrogens is 1. The van der Waals surface area contributed by atoms with Crippen molar-refractivity contribution < 1.29 is 18.7 Å². The molecule has 136 valence electrons. The first-order valence-electron chi connectivity index (χ1n) is 8.13. The van der Waals surface area contributed by atoms with Crippen LogP contribution in [0.5, 0.6) is 0 Å². The second kappa shape index (κ2) is 7.22. The fourth-order valence-corrected chi connectivity index (χ4v) is 2.75. The maximum Gasteiger partial charge on any atom is 0.337 e. The Morgan fingerprint density at radius 2 is 1.93 bits per heavy atom. The first-order chi connectivity index (χ1) is 13.0. The van der Waals surface area contributed by atoms with E-state index in [1.165, 1.54) is 13.2 Å². The normalized spacial score (nSPS) is 10.3. The van der Waals surface area contributed by atoms with Gasteiger partial charge in [-0.1, -0.05) is 6.07 Å². The van der Waals surface area contributed by atoms with Gasteiger partial charge in [-0.2, -0.15) is 5.26 Å². The molecule has 0 spiro atoms. The molecule has 7 nitrogen and oxygen atoms in total. The van der Waals surface area contributed by atoms with Crippen molar-refractivity contribution in [2.24, 2.45) is 0 Å². The van der Waals surface area contributed by atoms with Gasteiger partial charge in [0.2, 0.25) is 5.88 Å². The number of methoxy groups -OCH3 is 1. The predicted molar refractivity (Wildman–Crippen MR) is 98.0 cm³/mol. The lowest BCUT2D eigenvalue weighted by molar-refractivity contribution is 0.0600. The van der Waals surface area contributed by atoms with Crippen molar-refractivity contribution in [1.29, 1.82) is 5.26 Å². The Morgan fingerprint density at radius 3 is 2.56 bits per heavy atom. The SMILES string of the molecule is COC(=O)c1ccc(C)c(NC(=O)c2c(C)oc(-n3cccc3)c2C#N)c1. The van der Waals surface area contributed by atoms with E-state index in [9.17, 15) is 14.9 Å². The molecule has 1 aromatic carbocycles. The smallest absolute Gasteiger partial charge is 0.337 e. The molecule has 0 unspecified atom stereocenters. The molecule has 0 radical (unpaired) electrons. The Bertz CT molecular complexity index is 1060. The number of hydrogen-bond donors (Lipinski definition) is 1. The van der Waals surface area contributed by atoms with Gasteiger partial charge in [0.15, 0.2) is 0 Å². The number of ether oxygens (including phenoxy) is 1. The fourth-order valence-electron chi connectivity index (χ4n) is 2.75. The van der Waals surface area contributed by atoms with E-state index in [1.54, 1.807) is 55.1 Å². The molecule has 0 atom stereocenters. The molecular weight excluding hydrogens is 346 g/mol. The van der Waals surface area contributed by atoms with Crippen molar-refractivity contribution in [2.75, 3.05) is 12.4 Å². The summed E-state index contributed by atoms with van der Waals surface area (Å²) in [6.07, 6.45) is 3.45. The highest BCUT2D eigenvalue weighted by Crippen LogP contribution is 2.27. The number of benzene rings is 1. The van der Waals surface area contributed by atoms with E-state index in [2.05, 4.69) is 5.32 Å². The third kappa shape index (κ3) is 3.33. The third-order valence-corrected chi connectivity index (χ3v) is 4.15. The van der Waals surface area contributed by atoms with E-state index in [0.717, 1.165) is 5.56 Å². The number of nitrogens with one attached hydrogen (secondary N) is 1. The van der Waals surface area contributed by atoms with E-state index < -0.39 is 11.9 Å². The average molecular weight is 363 g/mol. The molecule has 0 aliphatic rings. The van der Waals surface area contributed by atoms with Gasteiger partial charge in [0.05, 0.1) is 12.7 Å². The van der Waals surface area contributed by atoms with Crippen LogP contribution in [0.3, 0.4) is 0 Å². The van der Waals surface area contributed by atoms with Crippen LogP contribution in [0.15, 0.2) is 47.1 Å². The molecule has 3 aromatic rings. The molecular formula is C20H17N3O4. The molecule has 0 aliphatic carbocycles. The summed E-state index contributed by atoms with van der Waals surface area (Å²) in [6.45, 7) is 3.43. The lowest BCUT2D eigenvalue weighted by atomic mass is 10.1. The summed E-state index contributed by atoms with van der Waals surface area (Å²) in [5.74, 6) is -0.381. The van der Waals surface area contributed by atoms with Crippen LogP contribution in [-0.2, 0) is 4.74 Å². The molecule has 0 saturated carbocycles. The molecule has 27 heavy (non-hydrogen) atoms. The van der Waals surface area contributed by atoms with E-state index in [4.69, 9.17) is 9.15 Å². The minimum atomic E-state index is -0.502. The Balaban J connectivity index is 1.99. The highest BCUT2D eigenvalue weighted by Gasteiger charge is 2.25. The molecule has 2 heterocycles. The van der Waals surface area contributed by atoms with Gasteiger partial charge in [-0.3, -0.25) is 9.36 Å². The van der Waals surface area contributed by atoms with Crippen LogP contribution >= 0.6 is 0 Å². The van der Waals surface area contributed by atoms with E-state index in [0.29, 0.717) is 17.0 Å². The van der Waals surface area contributed by atoms with Crippen molar-refractivity contribution in [3.8, 4) is 12.0 Å². The van der Waals surface area contributed by atoms with E-state index in [-0.39, 0.29) is 17.0 Å². The van der Waals surface area contributed by atoms with Gasteiger partial charge >= 0.3 is 5.97 Å². The highest BCUT2D eigenvalue weighted by molar-refractivity contribution is 6.08. The minimum Gasteiger partial charge on any atom is -0.465 e. The Hall–Kier alpha value is -3.79. The number of nitriles is 1. The zero-order chi connectivity index (χ0) is 19.6. The minimum absolute atomic E-state index is 0.142. The molecule has 0 fully saturated rings. The van der Waals surface area contributed by atoms with E-state index in [1.807, 2.05) is 6.07 Å². The number of aryl methyl sites for hydroxylation is 2. The number of anilines is 1. The van der Waals surface area contributed by atoms with E-state index >= 15 is 0 Å². The van der Waals surface area contributed by atoms with Gasteiger partial charge in [-0.25, -0.2) is 4.79 Å². The monoisotopic (exact) mass is 363 g/mol. The number of carbonyl (C=O) groups excluding carboxylic acids is 2. The van der Waals surface area contributed by atoms with Gasteiger partial charge in [-0.05, 0) is 43.7 Å². The molecule has 7 heteroatoms. The molecule has 0 saturated heterocycles. The number of furan rings is 1. The maximum absolute atomic E-state index is 12.9. The van der Waals surface area contributed by atoms with Crippen molar-refractivity contribution in [1.82, 2.24) is 4.57 Å². The van der Waals surface area contributed by atoms with Gasteiger partial charge < -0.3 is 14.5 Å². The first kappa shape index (κ1) is 18.0. The van der Waals surface area contributed by atoms with Crippen molar-refractivity contribution in [3.63, 3.8) is 0 Å². The van der Waals surface area contributed by atoms with Crippen molar-refractivity contribution >= 4 is 17.6 Å². The van der Waals surface area contributed by atoms with Crippen LogP contribution in [0.4, 0.5) is 5.69 Å². The van der Waals surface area contributed by atoms with Gasteiger partial charge in [0.1, 0.15) is 23.0 Å². The van der Waals surface area contributed by atoms with Crippen LogP contribution in [-0.4, -0.2) is 23.6 Å². The molecule has 1 N–H and O–H groups in total. The lowest BCUT2D eigenvalue weighted by Crippen LogP contribution is -2.15. The Morgan fingerprint density at radius 1 is 1.22 bits per heavy atom. The number of amides is 1. The Kier molecular flexibility index (Phi) is 4.81. The second-order valence-corrected chi connectivity index (χ2v) is 5.89. The van der Waals surface area contributed by atoms with Crippen LogP contribution in [0, 0.1) is 25.2 Å². The van der Waals surface area contributed by atoms with Gasteiger partial charge in [0.25, 0.3) is 5.91 Å². The molecule has 2 aromatic heterocycles. The van der Waals surface area contributed by atoms with Crippen LogP contribution < -0.4 is 5.32 Å². The summed E-state index contributed by atoms with van der Waals surface area (Å²) in [5, 5.41) is 12.3. The van der Waals surface area contributed by atoms with Crippen molar-refractivity contribution in [2.45, 2.75) is 13.8 Å². The number of esters is 1. The topological polar surface area (TPSA) is 97.3 Å². The summed E-state index contributed by atoms with van der Waals surface area (Å²) in [7, 11) is 1.29. The predicted octanol–water partition coefficient (Wildman–Crippen LogP) is 3.60. The van der Waals surface area contributed by atoms with Crippen LogP contribution in [0.25, 0.3) is 5.88 Å². The number of hydrogen-bond acceptors (Lipinski definition) is 5. The van der Waals surface area contributed by atoms with Gasteiger partial charge in [0, 0.05) is 18.1 Å². The highest BCUT2D eigenvalue weighted by atomic mass is 16.5. The maximum atomic E-state index is 12.9. The summed E-state index contributed by atoms with van der Waals surface area (Å²) in [6, 6.07) is 10.5. The van der Waals surface area contributed by atoms with Crippen LogP contribution in [0.1, 0.15) is 37.6 Å². The van der Waals surface area contributed by atoms with Crippen LogP contribution in [0.2, 0.25) is 0 Å². The summed E-state index contributed by atoms with van der Waals surface area (Å²) < 4.78 is 12.0. The summed E-state index contributed by atoms with van der Waals surface area (Å²) in [5.41, 5.74) is 1.83. The number of rotatable bonds is 4. The Labute approximate surface area is 155 Å². The molecule has 0 aliphatic heterocycles. The lowest BCUT2D eigenvalue weighted by Gasteiger charge is -2.10. The first-order valence-corrected chi connectivity index (χ1v) is 8.13. The summed E-state index contributed by atoms with van der Waals surface area (Å²) >= 11 is 0. The quantitative estimate of drug-likeness (QED) is 0.714. The van der Waals surface area contributed by atoms with Crippen molar-refractivity contribution in [3.05, 3.63) is 70.7 Å².